The molecule has 0 atom stereocenters. The van der Waals surface area contributed by atoms with Gasteiger partial charge in [0.05, 0.1) is 34.1 Å². The molecular weight excluding hydrogens is 484 g/mol. The van der Waals surface area contributed by atoms with E-state index < -0.39 is 0 Å². The molecule has 0 aliphatic heterocycles. The molecule has 7 heteroatoms. The molecule has 0 fully saturated rings. The Bertz CT molecular complexity index is 2170. The molecule has 5 aromatic heterocycles. The van der Waals surface area contributed by atoms with Crippen molar-refractivity contribution in [3.63, 3.8) is 0 Å². The second-order valence-electron chi connectivity index (χ2n) is 9.29. The summed E-state index contributed by atoms with van der Waals surface area (Å²) in [5, 5.41) is 3.06. The summed E-state index contributed by atoms with van der Waals surface area (Å²) in [6, 6.07) is 27.9. The molecule has 0 saturated heterocycles. The Morgan fingerprint density at radius 3 is 2.28 bits per heavy atom. The highest BCUT2D eigenvalue weighted by molar-refractivity contribution is 6.03. The normalized spacial score (nSPS) is 11.6. The molecule has 0 aliphatic rings. The zero-order valence-electron chi connectivity index (χ0n) is 20.5. The molecule has 0 amide bonds. The first-order valence-corrected chi connectivity index (χ1v) is 12.5. The van der Waals surface area contributed by atoms with E-state index in [1.165, 1.54) is 0 Å². The molecule has 182 valence electrons. The summed E-state index contributed by atoms with van der Waals surface area (Å²) in [4.78, 5) is 28.4. The number of hydrogen-bond donors (Lipinski definition) is 0. The molecule has 0 unspecified atom stereocenters. The van der Waals surface area contributed by atoms with Crippen LogP contribution in [0.15, 0.2) is 114 Å². The van der Waals surface area contributed by atoms with Crippen LogP contribution in [0, 0.1) is 0 Å². The molecule has 0 spiro atoms. The number of nitrogens with zero attached hydrogens (tertiary/aromatic N) is 6. The summed E-state index contributed by atoms with van der Waals surface area (Å²) in [5.74, 6) is 0.424. The maximum atomic E-state index is 6.02. The van der Waals surface area contributed by atoms with Gasteiger partial charge in [-0.1, -0.05) is 42.5 Å². The number of hydrogen-bond acceptors (Lipinski definition) is 7. The zero-order valence-corrected chi connectivity index (χ0v) is 20.5. The highest BCUT2D eigenvalue weighted by atomic mass is 16.3. The van der Waals surface area contributed by atoms with Gasteiger partial charge in [-0.25, -0.2) is 9.97 Å². The Kier molecular flexibility index (Phi) is 4.69. The minimum Gasteiger partial charge on any atom is -0.435 e. The fourth-order valence-corrected chi connectivity index (χ4v) is 4.98. The van der Waals surface area contributed by atoms with Crippen molar-refractivity contribution in [2.45, 2.75) is 0 Å². The molecule has 5 heterocycles. The molecule has 8 aromatic rings. The number of oxazole rings is 1. The van der Waals surface area contributed by atoms with E-state index in [0.29, 0.717) is 28.6 Å². The minimum absolute atomic E-state index is 0.424. The molecule has 3 aromatic carbocycles. The fourth-order valence-electron chi connectivity index (χ4n) is 4.98. The predicted octanol–water partition coefficient (Wildman–Crippen LogP) is 7.26. The largest absolute Gasteiger partial charge is 0.435 e. The zero-order chi connectivity index (χ0) is 25.8. The van der Waals surface area contributed by atoms with Gasteiger partial charge in [0.2, 0.25) is 5.89 Å². The Morgan fingerprint density at radius 2 is 1.33 bits per heavy atom. The van der Waals surface area contributed by atoms with Gasteiger partial charge in [0.15, 0.2) is 5.58 Å². The summed E-state index contributed by atoms with van der Waals surface area (Å²) < 4.78 is 6.02. The van der Waals surface area contributed by atoms with Crippen molar-refractivity contribution in [1.29, 1.82) is 0 Å². The van der Waals surface area contributed by atoms with Crippen LogP contribution in [-0.2, 0) is 0 Å². The number of para-hydroxylation sites is 2. The average molecular weight is 503 g/mol. The van der Waals surface area contributed by atoms with Gasteiger partial charge in [0.25, 0.3) is 0 Å². The third-order valence-electron chi connectivity index (χ3n) is 6.86. The summed E-state index contributed by atoms with van der Waals surface area (Å²) in [5.41, 5.74) is 7.87. The van der Waals surface area contributed by atoms with E-state index in [9.17, 15) is 0 Å². The van der Waals surface area contributed by atoms with E-state index in [1.54, 1.807) is 18.6 Å². The van der Waals surface area contributed by atoms with Crippen LogP contribution in [0.3, 0.4) is 0 Å². The lowest BCUT2D eigenvalue weighted by atomic mass is 10.0. The molecule has 0 radical (unpaired) electrons. The van der Waals surface area contributed by atoms with Crippen molar-refractivity contribution in [3.8, 4) is 34.1 Å². The van der Waals surface area contributed by atoms with Gasteiger partial charge in [-0.2, -0.15) is 0 Å². The predicted molar refractivity (Wildman–Crippen MR) is 152 cm³/mol. The molecule has 0 bridgehead atoms. The van der Waals surface area contributed by atoms with Crippen LogP contribution < -0.4 is 0 Å². The van der Waals surface area contributed by atoms with Gasteiger partial charge < -0.3 is 4.42 Å². The van der Waals surface area contributed by atoms with E-state index in [0.717, 1.165) is 49.4 Å². The molecule has 39 heavy (non-hydrogen) atoms. The lowest BCUT2D eigenvalue weighted by Gasteiger charge is -2.11. The summed E-state index contributed by atoms with van der Waals surface area (Å²) >= 11 is 0. The van der Waals surface area contributed by atoms with Crippen LogP contribution in [0.4, 0.5) is 0 Å². The standard InChI is InChI=1S/C32H18N6O/c1-2-8-27-25(7-1)38-32(39-27)26-18-36-30(31(37-26)22-11-12-24-20(15-22)6-4-13-33-24)23-16-21-10-9-19-5-3-14-34-28(19)29(21)35-17-23/h1-18H. The maximum absolute atomic E-state index is 6.02. The van der Waals surface area contributed by atoms with Crippen LogP contribution in [0.1, 0.15) is 0 Å². The second kappa shape index (κ2) is 8.49. The maximum Gasteiger partial charge on any atom is 0.247 e. The molecule has 0 N–H and O–H groups in total. The SMILES string of the molecule is c1cnc2ccc(-c3nc(-c4nc5ccccc5o4)cnc3-c3cnc4c(ccc5cccnc54)c3)cc2c1. The van der Waals surface area contributed by atoms with Gasteiger partial charge in [-0.3, -0.25) is 19.9 Å². The van der Waals surface area contributed by atoms with Crippen molar-refractivity contribution >= 4 is 43.8 Å². The molecular formula is C32H18N6O. The monoisotopic (exact) mass is 502 g/mol. The van der Waals surface area contributed by atoms with Gasteiger partial charge in [0.1, 0.15) is 11.2 Å². The Morgan fingerprint density at radius 1 is 0.513 bits per heavy atom. The van der Waals surface area contributed by atoms with Crippen LogP contribution >= 0.6 is 0 Å². The Labute approximate surface area is 221 Å². The van der Waals surface area contributed by atoms with Crippen molar-refractivity contribution in [1.82, 2.24) is 29.9 Å². The highest BCUT2D eigenvalue weighted by Crippen LogP contribution is 2.34. The number of fused-ring (bicyclic) bond motifs is 5. The third kappa shape index (κ3) is 3.59. The quantitative estimate of drug-likeness (QED) is 0.235. The second-order valence-corrected chi connectivity index (χ2v) is 9.29. The summed E-state index contributed by atoms with van der Waals surface area (Å²) in [7, 11) is 0. The number of pyridine rings is 3. The first kappa shape index (κ1) is 21.5. The number of aromatic nitrogens is 6. The van der Waals surface area contributed by atoms with Gasteiger partial charge in [-0.05, 0) is 42.5 Å². The van der Waals surface area contributed by atoms with Crippen molar-refractivity contribution < 1.29 is 4.42 Å². The average Bonchev–Trinajstić information content (AvgIpc) is 3.45. The van der Waals surface area contributed by atoms with E-state index in [2.05, 4.69) is 39.2 Å². The summed E-state index contributed by atoms with van der Waals surface area (Å²) in [6.45, 7) is 0. The fraction of sp³-hybridized carbons (Fsp3) is 0. The molecule has 0 saturated carbocycles. The van der Waals surface area contributed by atoms with Crippen LogP contribution in [0.2, 0.25) is 0 Å². The smallest absolute Gasteiger partial charge is 0.247 e. The third-order valence-corrected chi connectivity index (χ3v) is 6.86. The van der Waals surface area contributed by atoms with Crippen molar-refractivity contribution in [2.75, 3.05) is 0 Å². The minimum atomic E-state index is 0.424. The van der Waals surface area contributed by atoms with Gasteiger partial charge in [0, 0.05) is 45.9 Å². The van der Waals surface area contributed by atoms with Gasteiger partial charge >= 0.3 is 0 Å². The number of benzene rings is 3. The lowest BCUT2D eigenvalue weighted by Crippen LogP contribution is -1.97. The molecule has 0 aliphatic carbocycles. The van der Waals surface area contributed by atoms with E-state index >= 15 is 0 Å². The summed E-state index contributed by atoms with van der Waals surface area (Å²) in [6.07, 6.45) is 7.13. The van der Waals surface area contributed by atoms with Crippen LogP contribution in [0.5, 0.6) is 0 Å². The van der Waals surface area contributed by atoms with Gasteiger partial charge in [-0.15, -0.1) is 0 Å². The topological polar surface area (TPSA) is 90.5 Å². The van der Waals surface area contributed by atoms with Crippen LogP contribution in [0.25, 0.3) is 77.9 Å². The van der Waals surface area contributed by atoms with Crippen molar-refractivity contribution in [2.24, 2.45) is 0 Å². The Balaban J connectivity index is 1.34. The van der Waals surface area contributed by atoms with E-state index in [1.807, 2.05) is 66.9 Å². The molecule has 7 nitrogen and oxygen atoms in total. The number of rotatable bonds is 3. The highest BCUT2D eigenvalue weighted by Gasteiger charge is 2.18. The Hall–Kier alpha value is -5.56. The van der Waals surface area contributed by atoms with E-state index in [4.69, 9.17) is 19.4 Å². The lowest BCUT2D eigenvalue weighted by molar-refractivity contribution is 0.616. The van der Waals surface area contributed by atoms with E-state index in [-0.39, 0.29) is 0 Å². The van der Waals surface area contributed by atoms with Crippen LogP contribution in [-0.4, -0.2) is 29.9 Å². The first-order chi connectivity index (χ1) is 19.3. The van der Waals surface area contributed by atoms with Crippen molar-refractivity contribution in [3.05, 3.63) is 110 Å². The molecule has 8 rings (SSSR count). The first-order valence-electron chi connectivity index (χ1n) is 12.5.